The molecule has 13 heavy (non-hydrogen) atoms. The molecule has 0 radical (unpaired) electrons. The van der Waals surface area contributed by atoms with Gasteiger partial charge in [0.15, 0.2) is 0 Å². The van der Waals surface area contributed by atoms with Crippen LogP contribution in [0.15, 0.2) is 24.3 Å². The second kappa shape index (κ2) is 4.69. The third-order valence-electron chi connectivity index (χ3n) is 1.94. The topological polar surface area (TPSA) is 20.2 Å². The molecular weight excluding hydrogens is 160 g/mol. The minimum Gasteiger partial charge on any atom is -0.393 e. The van der Waals surface area contributed by atoms with Crippen LogP contribution in [0.4, 0.5) is 0 Å². The lowest BCUT2D eigenvalue weighted by Gasteiger charge is -2.04. The molecule has 0 aliphatic heterocycles. The van der Waals surface area contributed by atoms with Crippen molar-refractivity contribution in [2.24, 2.45) is 0 Å². The van der Waals surface area contributed by atoms with Crippen molar-refractivity contribution >= 4 is 0 Å². The van der Waals surface area contributed by atoms with E-state index in [0.29, 0.717) is 0 Å². The first-order chi connectivity index (χ1) is 6.22. The number of rotatable bonds is 3. The lowest BCUT2D eigenvalue weighted by atomic mass is 10.1. The summed E-state index contributed by atoms with van der Waals surface area (Å²) in [5.41, 5.74) is 2.10. The van der Waals surface area contributed by atoms with Crippen LogP contribution < -0.4 is 0 Å². The Balaban J connectivity index is 2.63. The van der Waals surface area contributed by atoms with Gasteiger partial charge in [0.2, 0.25) is 0 Å². The van der Waals surface area contributed by atoms with Gasteiger partial charge < -0.3 is 5.11 Å². The summed E-state index contributed by atoms with van der Waals surface area (Å²) in [7, 11) is 0. The highest BCUT2D eigenvalue weighted by Crippen LogP contribution is 2.07. The smallest absolute Gasteiger partial charge is 0.0515 e. The molecule has 0 saturated heterocycles. The molecule has 0 aliphatic rings. The highest BCUT2D eigenvalue weighted by atomic mass is 16.3. The van der Waals surface area contributed by atoms with E-state index >= 15 is 0 Å². The SMILES string of the molecule is C#Cc1cccc(CC[C@H](C)O)c1. The Morgan fingerprint density at radius 2 is 2.31 bits per heavy atom. The van der Waals surface area contributed by atoms with E-state index in [-0.39, 0.29) is 6.10 Å². The fourth-order valence-electron chi connectivity index (χ4n) is 1.19. The first-order valence-electron chi connectivity index (χ1n) is 4.46. The lowest BCUT2D eigenvalue weighted by Crippen LogP contribution is -2.01. The van der Waals surface area contributed by atoms with E-state index in [9.17, 15) is 0 Å². The third kappa shape index (κ3) is 3.31. The van der Waals surface area contributed by atoms with Crippen LogP contribution in [0.2, 0.25) is 0 Å². The molecule has 0 heterocycles. The van der Waals surface area contributed by atoms with Crippen LogP contribution in [0, 0.1) is 12.3 Å². The molecule has 1 aromatic rings. The lowest BCUT2D eigenvalue weighted by molar-refractivity contribution is 0.185. The number of aliphatic hydroxyl groups excluding tert-OH is 1. The van der Waals surface area contributed by atoms with Crippen molar-refractivity contribution in [2.75, 3.05) is 0 Å². The standard InChI is InChI=1S/C12H14O/c1-3-11-5-4-6-12(9-11)8-7-10(2)13/h1,4-6,9-10,13H,7-8H2,2H3/t10-/m0/s1. The summed E-state index contributed by atoms with van der Waals surface area (Å²) in [5, 5.41) is 9.10. The van der Waals surface area contributed by atoms with E-state index in [4.69, 9.17) is 11.5 Å². The van der Waals surface area contributed by atoms with Gasteiger partial charge in [-0.15, -0.1) is 6.42 Å². The molecule has 1 heteroatoms. The molecule has 0 saturated carbocycles. The van der Waals surface area contributed by atoms with Crippen molar-refractivity contribution in [3.63, 3.8) is 0 Å². The van der Waals surface area contributed by atoms with Gasteiger partial charge in [-0.25, -0.2) is 0 Å². The zero-order valence-electron chi connectivity index (χ0n) is 7.83. The summed E-state index contributed by atoms with van der Waals surface area (Å²) in [6.07, 6.45) is 6.70. The van der Waals surface area contributed by atoms with Crippen molar-refractivity contribution in [2.45, 2.75) is 25.9 Å². The van der Waals surface area contributed by atoms with E-state index in [2.05, 4.69) is 5.92 Å². The fourth-order valence-corrected chi connectivity index (χ4v) is 1.19. The Bertz CT molecular complexity index is 307. The molecule has 0 aromatic heterocycles. The molecule has 0 spiro atoms. The van der Waals surface area contributed by atoms with Crippen LogP contribution in [0.1, 0.15) is 24.5 Å². The van der Waals surface area contributed by atoms with Crippen LogP contribution in [-0.4, -0.2) is 11.2 Å². The predicted molar refractivity (Wildman–Crippen MR) is 54.4 cm³/mol. The highest BCUT2D eigenvalue weighted by Gasteiger charge is 1.98. The van der Waals surface area contributed by atoms with E-state index < -0.39 is 0 Å². The fraction of sp³-hybridized carbons (Fsp3) is 0.333. The maximum absolute atomic E-state index is 9.10. The van der Waals surface area contributed by atoms with Gasteiger partial charge in [-0.1, -0.05) is 18.1 Å². The number of terminal acetylenes is 1. The van der Waals surface area contributed by atoms with Gasteiger partial charge in [-0.3, -0.25) is 0 Å². The quantitative estimate of drug-likeness (QED) is 0.695. The van der Waals surface area contributed by atoms with Crippen LogP contribution in [-0.2, 0) is 6.42 Å². The summed E-state index contributed by atoms with van der Waals surface area (Å²) in [4.78, 5) is 0. The monoisotopic (exact) mass is 174 g/mol. The molecule has 1 N–H and O–H groups in total. The van der Waals surface area contributed by atoms with Crippen LogP contribution >= 0.6 is 0 Å². The molecule has 0 fully saturated rings. The van der Waals surface area contributed by atoms with Crippen molar-refractivity contribution in [3.8, 4) is 12.3 Å². The first-order valence-corrected chi connectivity index (χ1v) is 4.46. The maximum atomic E-state index is 9.10. The van der Waals surface area contributed by atoms with E-state index in [1.165, 1.54) is 5.56 Å². The molecule has 68 valence electrons. The van der Waals surface area contributed by atoms with E-state index in [1.54, 1.807) is 6.92 Å². The Labute approximate surface area is 79.4 Å². The van der Waals surface area contributed by atoms with E-state index in [0.717, 1.165) is 18.4 Å². The molecule has 0 aliphatic carbocycles. The molecule has 0 amide bonds. The van der Waals surface area contributed by atoms with Crippen molar-refractivity contribution < 1.29 is 5.11 Å². The molecule has 1 atom stereocenters. The van der Waals surface area contributed by atoms with Crippen LogP contribution in [0.3, 0.4) is 0 Å². The van der Waals surface area contributed by atoms with Gasteiger partial charge in [-0.2, -0.15) is 0 Å². The largest absolute Gasteiger partial charge is 0.393 e. The second-order valence-electron chi connectivity index (χ2n) is 3.23. The predicted octanol–water partition coefficient (Wildman–Crippen LogP) is 1.98. The van der Waals surface area contributed by atoms with E-state index in [1.807, 2.05) is 24.3 Å². The minimum atomic E-state index is -0.241. The number of hydrogen-bond acceptors (Lipinski definition) is 1. The van der Waals surface area contributed by atoms with Crippen molar-refractivity contribution in [1.29, 1.82) is 0 Å². The average molecular weight is 174 g/mol. The molecule has 0 unspecified atom stereocenters. The molecular formula is C12H14O. The molecule has 1 rings (SSSR count). The Hall–Kier alpha value is -1.26. The Morgan fingerprint density at radius 1 is 1.54 bits per heavy atom. The van der Waals surface area contributed by atoms with Gasteiger partial charge in [0.25, 0.3) is 0 Å². The van der Waals surface area contributed by atoms with Crippen LogP contribution in [0.25, 0.3) is 0 Å². The summed E-state index contributed by atoms with van der Waals surface area (Å²) < 4.78 is 0. The van der Waals surface area contributed by atoms with Crippen LogP contribution in [0.5, 0.6) is 0 Å². The average Bonchev–Trinajstić information content (AvgIpc) is 2.15. The second-order valence-corrected chi connectivity index (χ2v) is 3.23. The summed E-state index contributed by atoms with van der Waals surface area (Å²) in [6, 6.07) is 7.88. The zero-order valence-corrected chi connectivity index (χ0v) is 7.83. The van der Waals surface area contributed by atoms with Gasteiger partial charge in [0.05, 0.1) is 6.10 Å². The number of benzene rings is 1. The van der Waals surface area contributed by atoms with Gasteiger partial charge in [0, 0.05) is 5.56 Å². The summed E-state index contributed by atoms with van der Waals surface area (Å²) in [5.74, 6) is 2.59. The highest BCUT2D eigenvalue weighted by molar-refractivity contribution is 5.35. The molecule has 1 nitrogen and oxygen atoms in total. The summed E-state index contributed by atoms with van der Waals surface area (Å²) >= 11 is 0. The first kappa shape index (κ1) is 9.83. The van der Waals surface area contributed by atoms with Gasteiger partial charge >= 0.3 is 0 Å². The molecule has 0 bridgehead atoms. The third-order valence-corrected chi connectivity index (χ3v) is 1.94. The van der Waals surface area contributed by atoms with Gasteiger partial charge in [0.1, 0.15) is 0 Å². The Morgan fingerprint density at radius 3 is 2.92 bits per heavy atom. The Kier molecular flexibility index (Phi) is 3.54. The number of aliphatic hydroxyl groups is 1. The number of hydrogen-bond donors (Lipinski definition) is 1. The normalized spacial score (nSPS) is 12.1. The maximum Gasteiger partial charge on any atom is 0.0515 e. The number of aryl methyl sites for hydroxylation is 1. The minimum absolute atomic E-state index is 0.241. The van der Waals surface area contributed by atoms with Crippen molar-refractivity contribution in [3.05, 3.63) is 35.4 Å². The summed E-state index contributed by atoms with van der Waals surface area (Å²) in [6.45, 7) is 1.80. The zero-order chi connectivity index (χ0) is 9.68. The van der Waals surface area contributed by atoms with Crippen molar-refractivity contribution in [1.82, 2.24) is 0 Å². The molecule has 1 aromatic carbocycles. The van der Waals surface area contributed by atoms with Gasteiger partial charge in [-0.05, 0) is 37.5 Å².